The first kappa shape index (κ1) is 62.3. The zero-order valence-electron chi connectivity index (χ0n) is 48.1. The monoisotopic (exact) mass is 1080 g/mol. The standard InChI is InChI=1S/C54H91N2O14PSi2/c1-23-52(13)61-31-42-46(59-15)27-25-40(48(42)66-52)44(33-63-72(17,18)19)55(35-54(36-57,65-38(3)4)69-50(7,8)9)29-30-56(37-71(58,68-39(5)6)70-51(10,11)12)45(34-64-73(20,21)22)41-26-28-47(60-16)43-32-62-53(14,24-2)67-49(41)43/h25-28,36,44-45H,3,5,23-24,29-35,37H2,1-2,4,6-22H3. The molecule has 0 saturated heterocycles. The number of allylic oxidation sites excluding steroid dienone is 2. The van der Waals surface area contributed by atoms with E-state index >= 15 is 4.57 Å². The Labute approximate surface area is 440 Å². The highest BCUT2D eigenvalue weighted by atomic mass is 31.2. The fourth-order valence-electron chi connectivity index (χ4n) is 8.56. The SMILES string of the molecule is C=C(C)OC(C=O)(CN(CCN(CP(=O)(OC(=C)C)OC(C)(C)C)C(CO[Si](C)(C)C)c1ccc(OC)c2c1OC(C)(CC)OC2)C(CO[Si](C)(C)C)c1ccc(OC)c2c1OC(C)(CC)OC2)OC(C)(C)C. The summed E-state index contributed by atoms with van der Waals surface area (Å²) in [4.78, 5) is 18.0. The van der Waals surface area contributed by atoms with Crippen molar-refractivity contribution in [2.75, 3.05) is 53.4 Å². The third kappa shape index (κ3) is 17.9. The van der Waals surface area contributed by atoms with Gasteiger partial charge >= 0.3 is 7.60 Å². The lowest BCUT2D eigenvalue weighted by molar-refractivity contribution is -0.249. The topological polar surface area (TPSA) is 151 Å². The highest BCUT2D eigenvalue weighted by Gasteiger charge is 2.46. The van der Waals surface area contributed by atoms with Crippen molar-refractivity contribution in [3.05, 3.63) is 71.2 Å². The third-order valence-corrected chi connectivity index (χ3v) is 16.2. The van der Waals surface area contributed by atoms with E-state index in [1.165, 1.54) is 0 Å². The lowest BCUT2D eigenvalue weighted by Crippen LogP contribution is -2.54. The molecule has 0 saturated carbocycles. The molecule has 414 valence electrons. The van der Waals surface area contributed by atoms with Crippen molar-refractivity contribution < 1.29 is 65.2 Å². The molecule has 16 nitrogen and oxygen atoms in total. The van der Waals surface area contributed by atoms with Crippen LogP contribution < -0.4 is 18.9 Å². The maximum absolute atomic E-state index is 15.6. The average molecular weight is 1080 g/mol. The Balaban J connectivity index is 2.14. The molecule has 0 aliphatic carbocycles. The number of fused-ring (bicyclic) bond motifs is 2. The molecule has 0 N–H and O–H groups in total. The summed E-state index contributed by atoms with van der Waals surface area (Å²) in [5.74, 6) is -0.875. The number of carbonyl (C=O) groups is 1. The molecule has 0 aromatic heterocycles. The molecule has 2 aromatic carbocycles. The first-order chi connectivity index (χ1) is 33.5. The highest BCUT2D eigenvalue weighted by molar-refractivity contribution is 7.53. The number of carbonyl (C=O) groups excluding carboxylic acids is 1. The molecule has 2 aliphatic heterocycles. The van der Waals surface area contributed by atoms with Crippen LogP contribution in [0.5, 0.6) is 23.0 Å². The second-order valence-corrected chi connectivity index (χ2v) is 34.3. The summed E-state index contributed by atoms with van der Waals surface area (Å²) in [5.41, 5.74) is 1.26. The molecule has 0 radical (unpaired) electrons. The lowest BCUT2D eigenvalue weighted by Gasteiger charge is -2.44. The fraction of sp³-hybridized carbons (Fsp3) is 0.685. The zero-order valence-corrected chi connectivity index (χ0v) is 51.0. The quantitative estimate of drug-likeness (QED) is 0.0261. The molecule has 4 rings (SSSR count). The summed E-state index contributed by atoms with van der Waals surface area (Å²) in [6.07, 6.45) is 1.60. The van der Waals surface area contributed by atoms with Gasteiger partial charge in [0.2, 0.25) is 11.6 Å². The number of benzene rings is 2. The molecule has 19 heteroatoms. The van der Waals surface area contributed by atoms with Crippen LogP contribution in [-0.2, 0) is 59.4 Å². The summed E-state index contributed by atoms with van der Waals surface area (Å²) in [6, 6.07) is 6.51. The summed E-state index contributed by atoms with van der Waals surface area (Å²) in [7, 11) is -5.37. The molecule has 0 amide bonds. The van der Waals surface area contributed by atoms with E-state index < -0.39 is 64.9 Å². The van der Waals surface area contributed by atoms with Crippen molar-refractivity contribution in [3.8, 4) is 23.0 Å². The van der Waals surface area contributed by atoms with Crippen molar-refractivity contribution in [3.63, 3.8) is 0 Å². The number of methoxy groups -OCH3 is 2. The number of nitrogens with zero attached hydrogens (tertiary/aromatic N) is 2. The van der Waals surface area contributed by atoms with Gasteiger partial charge in [-0.1, -0.05) is 27.0 Å². The second kappa shape index (κ2) is 24.4. The molecule has 0 spiro atoms. The Kier molecular flexibility index (Phi) is 20.8. The Bertz CT molecular complexity index is 2270. The minimum Gasteiger partial charge on any atom is -0.496 e. The summed E-state index contributed by atoms with van der Waals surface area (Å²) in [5, 5.41) is 0. The third-order valence-electron chi connectivity index (χ3n) is 12.0. The molecule has 2 aromatic rings. The maximum atomic E-state index is 15.6. The van der Waals surface area contributed by atoms with Crippen LogP contribution in [0.3, 0.4) is 0 Å². The molecular formula is C54H91N2O14PSi2. The maximum Gasteiger partial charge on any atom is 0.393 e. The number of hydrogen-bond acceptors (Lipinski definition) is 16. The Hall–Kier alpha value is -3.27. The smallest absolute Gasteiger partial charge is 0.393 e. The fourth-order valence-corrected chi connectivity index (χ4v) is 12.1. The van der Waals surface area contributed by atoms with Gasteiger partial charge in [0.15, 0.2) is 22.9 Å². The van der Waals surface area contributed by atoms with Crippen molar-refractivity contribution in [2.45, 2.75) is 189 Å². The second-order valence-electron chi connectivity index (χ2n) is 23.4. The van der Waals surface area contributed by atoms with Gasteiger partial charge in [0.1, 0.15) is 29.3 Å². The van der Waals surface area contributed by atoms with E-state index in [1.807, 2.05) is 93.5 Å². The number of rotatable bonds is 28. The minimum absolute atomic E-state index is 0.113. The first-order valence-electron chi connectivity index (χ1n) is 25.5. The first-order valence-corrected chi connectivity index (χ1v) is 34.1. The number of ether oxygens (including phenoxy) is 8. The van der Waals surface area contributed by atoms with Gasteiger partial charge < -0.3 is 51.3 Å². The van der Waals surface area contributed by atoms with Crippen LogP contribution in [0.15, 0.2) is 48.9 Å². The van der Waals surface area contributed by atoms with Gasteiger partial charge in [0.05, 0.1) is 93.1 Å². The van der Waals surface area contributed by atoms with Gasteiger partial charge in [-0.15, -0.1) is 0 Å². The molecular weight excluding hydrogens is 988 g/mol. The van der Waals surface area contributed by atoms with Gasteiger partial charge in [-0.2, -0.15) is 0 Å². The molecule has 6 atom stereocenters. The summed E-state index contributed by atoms with van der Waals surface area (Å²) >= 11 is 0. The summed E-state index contributed by atoms with van der Waals surface area (Å²) < 4.78 is 93.4. The van der Waals surface area contributed by atoms with Gasteiger partial charge in [-0.3, -0.25) is 19.1 Å². The van der Waals surface area contributed by atoms with Gasteiger partial charge in [-0.05, 0) is 119 Å². The molecule has 73 heavy (non-hydrogen) atoms. The summed E-state index contributed by atoms with van der Waals surface area (Å²) in [6.45, 7) is 44.2. The predicted octanol–water partition coefficient (Wildman–Crippen LogP) is 12.6. The van der Waals surface area contributed by atoms with Crippen molar-refractivity contribution in [1.29, 1.82) is 0 Å². The van der Waals surface area contributed by atoms with Gasteiger partial charge in [-0.25, -0.2) is 4.57 Å². The highest BCUT2D eigenvalue weighted by Crippen LogP contribution is 2.55. The van der Waals surface area contributed by atoms with Crippen molar-refractivity contribution in [1.82, 2.24) is 9.80 Å². The van der Waals surface area contributed by atoms with Crippen LogP contribution >= 0.6 is 7.60 Å². The van der Waals surface area contributed by atoms with E-state index in [2.05, 4.69) is 62.2 Å². The van der Waals surface area contributed by atoms with Gasteiger partial charge in [0, 0.05) is 50.9 Å². The Morgan fingerprint density at radius 1 is 0.740 bits per heavy atom. The van der Waals surface area contributed by atoms with Crippen LogP contribution in [-0.4, -0.2) is 115 Å². The van der Waals surface area contributed by atoms with Crippen molar-refractivity contribution >= 4 is 30.5 Å². The van der Waals surface area contributed by atoms with E-state index in [1.54, 1.807) is 28.1 Å². The average Bonchev–Trinajstić information content (AvgIpc) is 3.25. The molecule has 0 fully saturated rings. The number of aldehydes is 1. The Morgan fingerprint density at radius 2 is 1.18 bits per heavy atom. The van der Waals surface area contributed by atoms with E-state index in [9.17, 15) is 4.79 Å². The minimum atomic E-state index is -4.09. The van der Waals surface area contributed by atoms with Crippen LogP contribution in [0.1, 0.15) is 130 Å². The zero-order chi connectivity index (χ0) is 55.2. The van der Waals surface area contributed by atoms with Crippen molar-refractivity contribution in [2.24, 2.45) is 0 Å². The molecule has 2 aliphatic rings. The van der Waals surface area contributed by atoms with Crippen LogP contribution in [0.25, 0.3) is 0 Å². The van der Waals surface area contributed by atoms with E-state index in [4.69, 9.17) is 55.8 Å². The molecule has 2 heterocycles. The molecule has 6 unspecified atom stereocenters. The Morgan fingerprint density at radius 3 is 1.53 bits per heavy atom. The van der Waals surface area contributed by atoms with E-state index in [0.29, 0.717) is 42.1 Å². The lowest BCUT2D eigenvalue weighted by atomic mass is 9.97. The van der Waals surface area contributed by atoms with Crippen LogP contribution in [0.4, 0.5) is 0 Å². The largest absolute Gasteiger partial charge is 0.496 e. The predicted molar refractivity (Wildman–Crippen MR) is 291 cm³/mol. The van der Waals surface area contributed by atoms with Crippen LogP contribution in [0, 0.1) is 0 Å². The normalized spacial score (nSPS) is 20.8. The van der Waals surface area contributed by atoms with Crippen LogP contribution in [0.2, 0.25) is 39.3 Å². The number of hydrogen-bond donors (Lipinski definition) is 0. The van der Waals surface area contributed by atoms with Gasteiger partial charge in [0.25, 0.3) is 5.79 Å². The van der Waals surface area contributed by atoms with E-state index in [-0.39, 0.29) is 63.9 Å². The van der Waals surface area contributed by atoms with E-state index in [0.717, 1.165) is 22.3 Å². The molecule has 0 bridgehead atoms.